The van der Waals surface area contributed by atoms with Gasteiger partial charge in [-0.1, -0.05) is 13.3 Å². The molecule has 2 N–H and O–H groups in total. The van der Waals surface area contributed by atoms with Crippen molar-refractivity contribution < 1.29 is 0 Å². The predicted octanol–water partition coefficient (Wildman–Crippen LogP) is 1.91. The largest absolute Gasteiger partial charge is 0.313 e. The van der Waals surface area contributed by atoms with Crippen LogP contribution in [0, 0.1) is 5.41 Å². The Bertz CT molecular complexity index is 187. The van der Waals surface area contributed by atoms with Gasteiger partial charge in [-0.3, -0.25) is 0 Å². The fraction of sp³-hybridized carbons (Fsp3) is 1.00. The van der Waals surface area contributed by atoms with Crippen LogP contribution in [-0.2, 0) is 0 Å². The normalized spacial score (nSPS) is 36.4. The number of hydrogen-bond donors (Lipinski definition) is 2. The molecule has 1 aliphatic carbocycles. The van der Waals surface area contributed by atoms with Crippen molar-refractivity contribution in [2.45, 2.75) is 58.0 Å². The Hall–Kier alpha value is -0.0800. The van der Waals surface area contributed by atoms with Gasteiger partial charge >= 0.3 is 0 Å². The summed E-state index contributed by atoms with van der Waals surface area (Å²) in [7, 11) is 0. The van der Waals surface area contributed by atoms with E-state index in [0.717, 1.165) is 0 Å². The van der Waals surface area contributed by atoms with Gasteiger partial charge in [0.15, 0.2) is 0 Å². The highest BCUT2D eigenvalue weighted by Crippen LogP contribution is 2.39. The molecule has 2 rings (SSSR count). The molecule has 0 bridgehead atoms. The van der Waals surface area contributed by atoms with Crippen LogP contribution >= 0.6 is 0 Å². The molecule has 2 atom stereocenters. The second-order valence-electron chi connectivity index (χ2n) is 5.54. The molecule has 14 heavy (non-hydrogen) atoms. The molecule has 1 saturated carbocycles. The van der Waals surface area contributed by atoms with E-state index in [1.807, 2.05) is 0 Å². The molecule has 2 aliphatic rings. The molecule has 2 fully saturated rings. The molecule has 1 aliphatic heterocycles. The Balaban J connectivity index is 1.73. The highest BCUT2D eigenvalue weighted by atomic mass is 15.0. The van der Waals surface area contributed by atoms with Crippen molar-refractivity contribution in [2.75, 3.05) is 13.1 Å². The van der Waals surface area contributed by atoms with E-state index in [4.69, 9.17) is 0 Å². The molecular weight excluding hydrogens is 172 g/mol. The molecule has 82 valence electrons. The van der Waals surface area contributed by atoms with Gasteiger partial charge in [0.25, 0.3) is 0 Å². The van der Waals surface area contributed by atoms with Crippen LogP contribution in [0.1, 0.15) is 46.0 Å². The van der Waals surface area contributed by atoms with E-state index in [9.17, 15) is 0 Å². The molecule has 2 nitrogen and oxygen atoms in total. The molecule has 0 aromatic heterocycles. The van der Waals surface area contributed by atoms with Crippen molar-refractivity contribution in [1.29, 1.82) is 0 Å². The van der Waals surface area contributed by atoms with Crippen LogP contribution in [-0.4, -0.2) is 25.2 Å². The lowest BCUT2D eigenvalue weighted by Gasteiger charge is -2.41. The van der Waals surface area contributed by atoms with E-state index >= 15 is 0 Å². The van der Waals surface area contributed by atoms with Gasteiger partial charge in [-0.2, -0.15) is 0 Å². The maximum Gasteiger partial charge on any atom is 0.0219 e. The average molecular weight is 196 g/mol. The maximum atomic E-state index is 3.75. The fourth-order valence-corrected chi connectivity index (χ4v) is 2.66. The van der Waals surface area contributed by atoms with Crippen LogP contribution in [0.5, 0.6) is 0 Å². The van der Waals surface area contributed by atoms with E-state index in [0.29, 0.717) is 17.5 Å². The Morgan fingerprint density at radius 1 is 1.36 bits per heavy atom. The van der Waals surface area contributed by atoms with Gasteiger partial charge in [-0.05, 0) is 44.6 Å². The van der Waals surface area contributed by atoms with Crippen LogP contribution in [0.15, 0.2) is 0 Å². The van der Waals surface area contributed by atoms with Crippen molar-refractivity contribution in [3.05, 3.63) is 0 Å². The minimum atomic E-state index is 0.622. The van der Waals surface area contributed by atoms with Crippen LogP contribution in [0.4, 0.5) is 0 Å². The third kappa shape index (κ3) is 2.29. The lowest BCUT2D eigenvalue weighted by atomic mass is 9.70. The molecular formula is C12H24N2. The smallest absolute Gasteiger partial charge is 0.0219 e. The van der Waals surface area contributed by atoms with E-state index in [2.05, 4.69) is 24.5 Å². The summed E-state index contributed by atoms with van der Waals surface area (Å²) >= 11 is 0. The zero-order valence-electron chi connectivity index (χ0n) is 9.60. The molecule has 0 spiro atoms. The van der Waals surface area contributed by atoms with Crippen molar-refractivity contribution in [2.24, 2.45) is 5.41 Å². The summed E-state index contributed by atoms with van der Waals surface area (Å²) in [5.74, 6) is 0. The first-order valence-electron chi connectivity index (χ1n) is 6.16. The van der Waals surface area contributed by atoms with Gasteiger partial charge in [-0.15, -0.1) is 0 Å². The van der Waals surface area contributed by atoms with Gasteiger partial charge in [0.05, 0.1) is 0 Å². The molecule has 1 saturated heterocycles. The highest BCUT2D eigenvalue weighted by Gasteiger charge is 2.32. The number of rotatable bonds is 3. The second-order valence-corrected chi connectivity index (χ2v) is 5.54. The lowest BCUT2D eigenvalue weighted by Crippen LogP contribution is -2.53. The topological polar surface area (TPSA) is 24.1 Å². The maximum absolute atomic E-state index is 3.75. The van der Waals surface area contributed by atoms with Crippen molar-refractivity contribution in [3.8, 4) is 0 Å². The highest BCUT2D eigenvalue weighted by molar-refractivity contribution is 4.89. The lowest BCUT2D eigenvalue weighted by molar-refractivity contribution is 0.142. The van der Waals surface area contributed by atoms with E-state index < -0.39 is 0 Å². The summed E-state index contributed by atoms with van der Waals surface area (Å²) in [4.78, 5) is 0. The van der Waals surface area contributed by atoms with Gasteiger partial charge < -0.3 is 10.6 Å². The van der Waals surface area contributed by atoms with E-state index in [1.165, 1.54) is 45.2 Å². The van der Waals surface area contributed by atoms with Gasteiger partial charge in [0, 0.05) is 18.6 Å². The van der Waals surface area contributed by atoms with Gasteiger partial charge in [0.2, 0.25) is 0 Å². The van der Waals surface area contributed by atoms with E-state index in [-0.39, 0.29) is 0 Å². The predicted molar refractivity (Wildman–Crippen MR) is 60.4 cm³/mol. The summed E-state index contributed by atoms with van der Waals surface area (Å²) in [6.45, 7) is 7.16. The second kappa shape index (κ2) is 4.19. The number of hydrogen-bond acceptors (Lipinski definition) is 2. The zero-order chi connectivity index (χ0) is 10.0. The Morgan fingerprint density at radius 3 is 2.71 bits per heavy atom. The summed E-state index contributed by atoms with van der Waals surface area (Å²) in [6, 6.07) is 1.37. The van der Waals surface area contributed by atoms with Gasteiger partial charge in [-0.25, -0.2) is 0 Å². The average Bonchev–Trinajstić information content (AvgIpc) is 2.14. The zero-order valence-corrected chi connectivity index (χ0v) is 9.60. The Morgan fingerprint density at radius 2 is 2.14 bits per heavy atom. The van der Waals surface area contributed by atoms with Crippen molar-refractivity contribution >= 4 is 0 Å². The number of piperidine rings is 1. The molecule has 2 heteroatoms. The first kappa shape index (κ1) is 10.4. The minimum absolute atomic E-state index is 0.622. The first-order chi connectivity index (χ1) is 6.70. The molecule has 0 aromatic carbocycles. The summed E-state index contributed by atoms with van der Waals surface area (Å²) in [5, 5.41) is 7.29. The molecule has 0 amide bonds. The SMILES string of the molecule is CC1NCCCC1NCC1(C)CCC1. The monoisotopic (exact) mass is 196 g/mol. The Labute approximate surface area is 87.8 Å². The van der Waals surface area contributed by atoms with Crippen LogP contribution < -0.4 is 10.6 Å². The number of nitrogens with one attached hydrogen (secondary N) is 2. The minimum Gasteiger partial charge on any atom is -0.313 e. The summed E-state index contributed by atoms with van der Waals surface area (Å²) in [5.41, 5.74) is 0.622. The van der Waals surface area contributed by atoms with Crippen LogP contribution in [0.2, 0.25) is 0 Å². The quantitative estimate of drug-likeness (QED) is 0.720. The summed E-state index contributed by atoms with van der Waals surface area (Å²) < 4.78 is 0. The fourth-order valence-electron chi connectivity index (χ4n) is 2.66. The van der Waals surface area contributed by atoms with Crippen molar-refractivity contribution in [1.82, 2.24) is 10.6 Å². The Kier molecular flexibility index (Phi) is 3.13. The third-order valence-electron chi connectivity index (χ3n) is 4.11. The molecule has 0 radical (unpaired) electrons. The van der Waals surface area contributed by atoms with Crippen LogP contribution in [0.25, 0.3) is 0 Å². The molecule has 0 aromatic rings. The summed E-state index contributed by atoms with van der Waals surface area (Å²) in [6.07, 6.45) is 6.97. The molecule has 1 heterocycles. The first-order valence-corrected chi connectivity index (χ1v) is 6.16. The van der Waals surface area contributed by atoms with Crippen molar-refractivity contribution in [3.63, 3.8) is 0 Å². The van der Waals surface area contributed by atoms with Crippen LogP contribution in [0.3, 0.4) is 0 Å². The third-order valence-corrected chi connectivity index (χ3v) is 4.11. The van der Waals surface area contributed by atoms with E-state index in [1.54, 1.807) is 0 Å². The standard InChI is InChI=1S/C12H24N2/c1-10-11(5-3-8-13-10)14-9-12(2)6-4-7-12/h10-11,13-14H,3-9H2,1-2H3. The molecule has 2 unspecified atom stereocenters. The van der Waals surface area contributed by atoms with Gasteiger partial charge in [0.1, 0.15) is 0 Å².